The minimum Gasteiger partial charge on any atom is -0.466 e. The molecule has 0 aromatic rings. The van der Waals surface area contributed by atoms with Crippen LogP contribution in [-0.4, -0.2) is 106 Å². The van der Waals surface area contributed by atoms with Crippen LogP contribution in [0, 0.1) is 0 Å². The molecule has 0 aromatic carbocycles. The maximum Gasteiger partial charge on any atom is 0.328 e. The molecule has 10 nitrogen and oxygen atoms in total. The Balaban J connectivity index is 2.29. The van der Waals surface area contributed by atoms with Crippen LogP contribution in [-0.2, 0) is 38.1 Å². The first-order valence-corrected chi connectivity index (χ1v) is 25.9. The molecule has 0 N–H and O–H groups in total. The first kappa shape index (κ1) is 57.3. The number of carbonyl (C=O) groups excluding carboxylic acids is 3. The van der Waals surface area contributed by atoms with Gasteiger partial charge in [-0.2, -0.15) is 0 Å². The van der Waals surface area contributed by atoms with Crippen LogP contribution >= 0.6 is 0 Å². The second-order valence-electron chi connectivity index (χ2n) is 18.1. The Morgan fingerprint density at radius 2 is 0.951 bits per heavy atom. The number of rotatable bonds is 45. The van der Waals surface area contributed by atoms with Crippen LogP contribution in [0.5, 0.6) is 0 Å². The lowest BCUT2D eigenvalue weighted by Gasteiger charge is -2.23. The van der Waals surface area contributed by atoms with Gasteiger partial charge in [-0.05, 0) is 59.2 Å². The van der Waals surface area contributed by atoms with E-state index in [0.717, 1.165) is 64.3 Å². The van der Waals surface area contributed by atoms with E-state index in [2.05, 4.69) is 25.7 Å². The van der Waals surface area contributed by atoms with Gasteiger partial charge in [-0.15, -0.1) is 0 Å². The average Bonchev–Trinajstić information content (AvgIpc) is 3.68. The fraction of sp³-hybridized carbons (Fsp3) is 0.941. The molecule has 1 saturated heterocycles. The smallest absolute Gasteiger partial charge is 0.328 e. The van der Waals surface area contributed by atoms with Crippen LogP contribution in [0.1, 0.15) is 233 Å². The lowest BCUT2D eigenvalue weighted by atomic mass is 10.0. The zero-order chi connectivity index (χ0) is 44.4. The van der Waals surface area contributed by atoms with Crippen molar-refractivity contribution in [2.24, 2.45) is 0 Å². The summed E-state index contributed by atoms with van der Waals surface area (Å²) in [7, 11) is 4.02. The fourth-order valence-electron chi connectivity index (χ4n) is 8.03. The Hall–Kier alpha value is -1.75. The molecule has 2 unspecified atom stereocenters. The molecule has 1 fully saturated rings. The molecule has 1 rings (SSSR count). The van der Waals surface area contributed by atoms with E-state index < -0.39 is 6.04 Å². The molecule has 61 heavy (non-hydrogen) atoms. The Bertz CT molecular complexity index is 997. The van der Waals surface area contributed by atoms with Crippen molar-refractivity contribution in [1.82, 2.24) is 9.80 Å². The molecule has 0 spiro atoms. The molecule has 1 aliphatic rings. The summed E-state index contributed by atoms with van der Waals surface area (Å²) in [4.78, 5) is 42.8. The van der Waals surface area contributed by atoms with E-state index in [-0.39, 0.29) is 30.2 Å². The Morgan fingerprint density at radius 3 is 1.43 bits per heavy atom. The van der Waals surface area contributed by atoms with E-state index in [0.29, 0.717) is 65.3 Å². The second kappa shape index (κ2) is 42.2. The zero-order valence-corrected chi connectivity index (χ0v) is 40.7. The van der Waals surface area contributed by atoms with Crippen LogP contribution < -0.4 is 0 Å². The molecule has 1 amide bonds. The normalized spacial score (nSPS) is 15.4. The van der Waals surface area contributed by atoms with Gasteiger partial charge in [0.15, 0.2) is 6.29 Å². The molecule has 1 heterocycles. The van der Waals surface area contributed by atoms with Gasteiger partial charge in [-0.25, -0.2) is 4.79 Å². The molecule has 360 valence electrons. The topological polar surface area (TPSA) is 104 Å². The van der Waals surface area contributed by atoms with Gasteiger partial charge in [0, 0.05) is 45.6 Å². The van der Waals surface area contributed by atoms with Crippen molar-refractivity contribution in [1.29, 1.82) is 0 Å². The molecule has 0 aliphatic carbocycles. The summed E-state index contributed by atoms with van der Waals surface area (Å²) in [5.74, 6) is -0.490. The molecule has 0 aromatic heterocycles. The van der Waals surface area contributed by atoms with Gasteiger partial charge >= 0.3 is 11.9 Å². The fourth-order valence-corrected chi connectivity index (χ4v) is 8.03. The van der Waals surface area contributed by atoms with Crippen LogP contribution in [0.2, 0.25) is 0 Å². The SMILES string of the molecule is CCCCCCCCCCCCCCCOC1CC(C(=O)OCCCCCCCOC(=O)CCC(OCCCCCCC)OCCCCCCC)N(C(=O)CCCN(C)C)C1. The van der Waals surface area contributed by atoms with Crippen molar-refractivity contribution >= 4 is 17.8 Å². The van der Waals surface area contributed by atoms with E-state index in [1.54, 1.807) is 4.90 Å². The largest absolute Gasteiger partial charge is 0.466 e. The van der Waals surface area contributed by atoms with Crippen molar-refractivity contribution in [2.75, 3.05) is 60.2 Å². The quantitative estimate of drug-likeness (QED) is 0.0336. The summed E-state index contributed by atoms with van der Waals surface area (Å²) in [5, 5.41) is 0. The van der Waals surface area contributed by atoms with Gasteiger partial charge in [-0.1, -0.05) is 168 Å². The van der Waals surface area contributed by atoms with E-state index in [4.69, 9.17) is 23.7 Å². The van der Waals surface area contributed by atoms with Gasteiger partial charge in [-0.3, -0.25) is 9.59 Å². The van der Waals surface area contributed by atoms with Crippen molar-refractivity contribution in [3.05, 3.63) is 0 Å². The third-order valence-electron chi connectivity index (χ3n) is 11.9. The lowest BCUT2D eigenvalue weighted by molar-refractivity contribution is -0.159. The van der Waals surface area contributed by atoms with Crippen molar-refractivity contribution in [3.63, 3.8) is 0 Å². The van der Waals surface area contributed by atoms with Crippen LogP contribution in [0.3, 0.4) is 0 Å². The van der Waals surface area contributed by atoms with Crippen molar-refractivity contribution < 1.29 is 38.1 Å². The Labute approximate surface area is 376 Å². The number of nitrogens with zero attached hydrogens (tertiary/aromatic N) is 2. The summed E-state index contributed by atoms with van der Waals surface area (Å²) < 4.78 is 29.6. The van der Waals surface area contributed by atoms with E-state index in [1.165, 1.54) is 128 Å². The van der Waals surface area contributed by atoms with Crippen LogP contribution in [0.15, 0.2) is 0 Å². The molecular weight excluding hydrogens is 769 g/mol. The monoisotopic (exact) mass is 867 g/mol. The number of likely N-dealkylation sites (tertiary alicyclic amines) is 1. The van der Waals surface area contributed by atoms with Gasteiger partial charge in [0.2, 0.25) is 5.91 Å². The number of carbonyl (C=O) groups is 3. The van der Waals surface area contributed by atoms with E-state index in [1.807, 2.05) is 14.1 Å². The van der Waals surface area contributed by atoms with Crippen molar-refractivity contribution in [3.8, 4) is 0 Å². The average molecular weight is 867 g/mol. The highest BCUT2D eigenvalue weighted by molar-refractivity contribution is 5.85. The third kappa shape index (κ3) is 34.3. The summed E-state index contributed by atoms with van der Waals surface area (Å²) in [5.41, 5.74) is 0. The third-order valence-corrected chi connectivity index (χ3v) is 11.9. The molecular formula is C51H98N2O8. The first-order chi connectivity index (χ1) is 29.8. The predicted molar refractivity (Wildman–Crippen MR) is 251 cm³/mol. The number of ether oxygens (including phenoxy) is 5. The lowest BCUT2D eigenvalue weighted by Crippen LogP contribution is -2.41. The van der Waals surface area contributed by atoms with E-state index >= 15 is 0 Å². The summed E-state index contributed by atoms with van der Waals surface area (Å²) in [6, 6.07) is -0.572. The van der Waals surface area contributed by atoms with Crippen molar-refractivity contribution in [2.45, 2.75) is 251 Å². The number of hydrogen-bond acceptors (Lipinski definition) is 9. The molecule has 0 saturated carbocycles. The standard InChI is InChI=1S/C51H98N2O8/c1-6-9-12-15-16-17-18-19-20-21-22-26-29-39-57-46-44-47(53(45-46)48(54)35-34-38-52(4)5)51(56)61-43-33-28-23-27-30-40-58-49(55)36-37-50(59-41-31-24-13-10-7-2)60-42-32-25-14-11-8-3/h46-47,50H,6-45H2,1-5H3. The highest BCUT2D eigenvalue weighted by atomic mass is 16.7. The van der Waals surface area contributed by atoms with E-state index in [9.17, 15) is 14.4 Å². The minimum absolute atomic E-state index is 0.0133. The maximum atomic E-state index is 13.3. The maximum absolute atomic E-state index is 13.3. The minimum atomic E-state index is -0.572. The molecule has 0 bridgehead atoms. The zero-order valence-electron chi connectivity index (χ0n) is 40.7. The molecule has 0 radical (unpaired) electrons. The first-order valence-electron chi connectivity index (χ1n) is 25.9. The van der Waals surface area contributed by atoms with Crippen LogP contribution in [0.25, 0.3) is 0 Å². The highest BCUT2D eigenvalue weighted by Gasteiger charge is 2.40. The number of amides is 1. The summed E-state index contributed by atoms with van der Waals surface area (Å²) >= 11 is 0. The molecule has 2 atom stereocenters. The molecule has 10 heteroatoms. The number of unbranched alkanes of at least 4 members (excludes halogenated alkanes) is 24. The molecule has 1 aliphatic heterocycles. The highest BCUT2D eigenvalue weighted by Crippen LogP contribution is 2.24. The van der Waals surface area contributed by atoms with Gasteiger partial charge in [0.1, 0.15) is 6.04 Å². The number of hydrogen-bond donors (Lipinski definition) is 0. The van der Waals surface area contributed by atoms with Gasteiger partial charge in [0.25, 0.3) is 0 Å². The Kier molecular flexibility index (Phi) is 39.6. The van der Waals surface area contributed by atoms with Gasteiger partial charge in [0.05, 0.1) is 25.7 Å². The van der Waals surface area contributed by atoms with Crippen LogP contribution in [0.4, 0.5) is 0 Å². The predicted octanol–water partition coefficient (Wildman–Crippen LogP) is 12.5. The summed E-state index contributed by atoms with van der Waals surface area (Å²) in [6.45, 7) is 10.8. The second-order valence-corrected chi connectivity index (χ2v) is 18.1. The van der Waals surface area contributed by atoms with Gasteiger partial charge < -0.3 is 33.5 Å². The summed E-state index contributed by atoms with van der Waals surface area (Å²) in [6.07, 6.45) is 35.4. The number of esters is 2. The Morgan fingerprint density at radius 1 is 0.525 bits per heavy atom.